The maximum Gasteiger partial charge on any atom is 0.325 e. The minimum atomic E-state index is -0.611. The van der Waals surface area contributed by atoms with Crippen LogP contribution in [0.15, 0.2) is 45.4 Å². The van der Waals surface area contributed by atoms with Gasteiger partial charge in [-0.05, 0) is 49.2 Å². The summed E-state index contributed by atoms with van der Waals surface area (Å²) in [4.78, 5) is 23.8. The SMILES string of the molecule is Cc1ccc(C(=O)NCC(=O)OCc2nnc(-c3ccco3)o2)cc1C. The molecule has 0 radical (unpaired) electrons. The Bertz CT molecular complexity index is 915. The molecule has 0 aliphatic carbocycles. The number of aryl methyl sites for hydroxylation is 2. The molecule has 26 heavy (non-hydrogen) atoms. The number of furan rings is 1. The van der Waals surface area contributed by atoms with Crippen LogP contribution < -0.4 is 5.32 Å². The molecule has 1 N–H and O–H groups in total. The van der Waals surface area contributed by atoms with Crippen LogP contribution >= 0.6 is 0 Å². The van der Waals surface area contributed by atoms with Gasteiger partial charge >= 0.3 is 5.97 Å². The summed E-state index contributed by atoms with van der Waals surface area (Å²) in [5, 5.41) is 10.1. The molecule has 2 heterocycles. The van der Waals surface area contributed by atoms with Crippen molar-refractivity contribution in [1.29, 1.82) is 0 Å². The molecule has 0 atom stereocenters. The van der Waals surface area contributed by atoms with Crippen molar-refractivity contribution in [2.45, 2.75) is 20.5 Å². The first-order valence-corrected chi connectivity index (χ1v) is 7.90. The van der Waals surface area contributed by atoms with Crippen LogP contribution in [0, 0.1) is 13.8 Å². The van der Waals surface area contributed by atoms with Crippen molar-refractivity contribution in [2.75, 3.05) is 6.54 Å². The number of ether oxygens (including phenoxy) is 1. The maximum absolute atomic E-state index is 12.1. The van der Waals surface area contributed by atoms with Crippen molar-refractivity contribution in [3.8, 4) is 11.7 Å². The van der Waals surface area contributed by atoms with E-state index in [1.807, 2.05) is 19.9 Å². The highest BCUT2D eigenvalue weighted by Gasteiger charge is 2.14. The highest BCUT2D eigenvalue weighted by molar-refractivity contribution is 5.96. The third-order valence-corrected chi connectivity index (χ3v) is 3.72. The lowest BCUT2D eigenvalue weighted by Crippen LogP contribution is -2.30. The van der Waals surface area contributed by atoms with Crippen molar-refractivity contribution in [1.82, 2.24) is 15.5 Å². The number of hydrogen-bond acceptors (Lipinski definition) is 7. The van der Waals surface area contributed by atoms with Gasteiger partial charge in [0.1, 0.15) is 6.54 Å². The average molecular weight is 355 g/mol. The van der Waals surface area contributed by atoms with Crippen molar-refractivity contribution in [3.05, 3.63) is 59.2 Å². The molecule has 3 aromatic rings. The van der Waals surface area contributed by atoms with Crippen LogP contribution in [0.5, 0.6) is 0 Å². The molecule has 0 aliphatic heterocycles. The summed E-state index contributed by atoms with van der Waals surface area (Å²) < 4.78 is 15.5. The highest BCUT2D eigenvalue weighted by atomic mass is 16.5. The van der Waals surface area contributed by atoms with Gasteiger partial charge in [0.2, 0.25) is 0 Å². The topological polar surface area (TPSA) is 107 Å². The largest absolute Gasteiger partial charge is 0.459 e. The van der Waals surface area contributed by atoms with E-state index in [0.29, 0.717) is 11.3 Å². The minimum Gasteiger partial charge on any atom is -0.459 e. The van der Waals surface area contributed by atoms with E-state index in [-0.39, 0.29) is 30.8 Å². The summed E-state index contributed by atoms with van der Waals surface area (Å²) in [6.07, 6.45) is 1.48. The fraction of sp³-hybridized carbons (Fsp3) is 0.222. The second-order valence-electron chi connectivity index (χ2n) is 5.62. The van der Waals surface area contributed by atoms with E-state index in [9.17, 15) is 9.59 Å². The zero-order valence-electron chi connectivity index (χ0n) is 14.3. The number of nitrogens with one attached hydrogen (secondary N) is 1. The molecule has 1 aromatic carbocycles. The van der Waals surface area contributed by atoms with E-state index in [2.05, 4.69) is 15.5 Å². The van der Waals surface area contributed by atoms with E-state index in [4.69, 9.17) is 13.6 Å². The average Bonchev–Trinajstić information content (AvgIpc) is 3.31. The fourth-order valence-corrected chi connectivity index (χ4v) is 2.14. The smallest absolute Gasteiger partial charge is 0.325 e. The van der Waals surface area contributed by atoms with Gasteiger partial charge in [0.25, 0.3) is 17.7 Å². The van der Waals surface area contributed by atoms with E-state index < -0.39 is 5.97 Å². The monoisotopic (exact) mass is 355 g/mol. The molecule has 0 fully saturated rings. The third kappa shape index (κ3) is 4.15. The van der Waals surface area contributed by atoms with Gasteiger partial charge in [-0.15, -0.1) is 10.2 Å². The van der Waals surface area contributed by atoms with E-state index >= 15 is 0 Å². The predicted octanol–water partition coefficient (Wildman–Crippen LogP) is 2.42. The lowest BCUT2D eigenvalue weighted by atomic mass is 10.1. The van der Waals surface area contributed by atoms with Gasteiger partial charge in [-0.1, -0.05) is 6.07 Å². The van der Waals surface area contributed by atoms with Gasteiger partial charge < -0.3 is 18.9 Å². The Morgan fingerprint density at radius 3 is 2.73 bits per heavy atom. The number of esters is 1. The number of rotatable bonds is 6. The Labute approximate surface area is 149 Å². The van der Waals surface area contributed by atoms with Crippen LogP contribution in [0.25, 0.3) is 11.7 Å². The second kappa shape index (κ2) is 7.64. The fourth-order valence-electron chi connectivity index (χ4n) is 2.14. The molecule has 2 aromatic heterocycles. The Hall–Kier alpha value is -3.42. The first kappa shape index (κ1) is 17.4. The van der Waals surface area contributed by atoms with Crippen LogP contribution in [0.3, 0.4) is 0 Å². The van der Waals surface area contributed by atoms with Crippen LogP contribution in [0.2, 0.25) is 0 Å². The van der Waals surface area contributed by atoms with Gasteiger partial charge in [-0.2, -0.15) is 0 Å². The number of hydrogen-bond donors (Lipinski definition) is 1. The second-order valence-corrected chi connectivity index (χ2v) is 5.62. The van der Waals surface area contributed by atoms with Crippen LogP contribution in [-0.2, 0) is 16.1 Å². The number of carbonyl (C=O) groups is 2. The zero-order valence-corrected chi connectivity index (χ0v) is 14.3. The standard InChI is InChI=1S/C18H17N3O5/c1-11-5-6-13(8-12(11)2)17(23)19-9-16(22)25-10-15-20-21-18(26-15)14-4-3-7-24-14/h3-8H,9-10H2,1-2H3,(H,19,23). The first-order chi connectivity index (χ1) is 12.5. The number of carbonyl (C=O) groups excluding carboxylic acids is 2. The molecule has 0 saturated heterocycles. The van der Waals surface area contributed by atoms with Gasteiger partial charge in [0.05, 0.1) is 6.26 Å². The molecule has 0 unspecified atom stereocenters. The van der Waals surface area contributed by atoms with Crippen molar-refractivity contribution in [2.24, 2.45) is 0 Å². The third-order valence-electron chi connectivity index (χ3n) is 3.72. The molecular weight excluding hydrogens is 338 g/mol. The molecule has 8 nitrogen and oxygen atoms in total. The number of nitrogens with zero attached hydrogens (tertiary/aromatic N) is 2. The van der Waals surface area contributed by atoms with Crippen molar-refractivity contribution >= 4 is 11.9 Å². The van der Waals surface area contributed by atoms with Crippen LogP contribution in [0.4, 0.5) is 0 Å². The number of amides is 1. The van der Waals surface area contributed by atoms with E-state index in [1.165, 1.54) is 6.26 Å². The Kier molecular flexibility index (Phi) is 5.12. The number of aromatic nitrogens is 2. The summed E-state index contributed by atoms with van der Waals surface area (Å²) in [7, 11) is 0. The van der Waals surface area contributed by atoms with Crippen LogP contribution in [0.1, 0.15) is 27.4 Å². The highest BCUT2D eigenvalue weighted by Crippen LogP contribution is 2.18. The predicted molar refractivity (Wildman–Crippen MR) is 90.0 cm³/mol. The normalized spacial score (nSPS) is 10.5. The van der Waals surface area contributed by atoms with E-state index in [1.54, 1.807) is 24.3 Å². The quantitative estimate of drug-likeness (QED) is 0.677. The lowest BCUT2D eigenvalue weighted by molar-refractivity contribution is -0.144. The molecule has 0 spiro atoms. The molecule has 3 rings (SSSR count). The summed E-state index contributed by atoms with van der Waals surface area (Å²) in [6.45, 7) is 3.43. The summed E-state index contributed by atoms with van der Waals surface area (Å²) >= 11 is 0. The molecule has 0 saturated carbocycles. The lowest BCUT2D eigenvalue weighted by Gasteiger charge is -2.07. The maximum atomic E-state index is 12.1. The molecule has 8 heteroatoms. The molecule has 1 amide bonds. The summed E-state index contributed by atoms with van der Waals surface area (Å²) in [5.41, 5.74) is 2.58. The molecule has 0 aliphatic rings. The minimum absolute atomic E-state index is 0.130. The number of benzene rings is 1. The van der Waals surface area contributed by atoms with Gasteiger partial charge in [0, 0.05) is 5.56 Å². The zero-order chi connectivity index (χ0) is 18.5. The summed E-state index contributed by atoms with van der Waals surface area (Å²) in [6, 6.07) is 8.69. The molecule has 0 bridgehead atoms. The van der Waals surface area contributed by atoms with Crippen molar-refractivity contribution in [3.63, 3.8) is 0 Å². The van der Waals surface area contributed by atoms with E-state index in [0.717, 1.165) is 11.1 Å². The molecule has 134 valence electrons. The first-order valence-electron chi connectivity index (χ1n) is 7.90. The Morgan fingerprint density at radius 1 is 1.15 bits per heavy atom. The summed E-state index contributed by atoms with van der Waals surface area (Å²) in [5.74, 6) is -0.201. The van der Waals surface area contributed by atoms with Gasteiger partial charge in [-0.25, -0.2) is 0 Å². The Balaban J connectivity index is 1.47. The molecular formula is C18H17N3O5. The van der Waals surface area contributed by atoms with Gasteiger partial charge in [-0.3, -0.25) is 9.59 Å². The van der Waals surface area contributed by atoms with Crippen LogP contribution in [-0.4, -0.2) is 28.6 Å². The Morgan fingerprint density at radius 2 is 2.00 bits per heavy atom. The van der Waals surface area contributed by atoms with Crippen molar-refractivity contribution < 1.29 is 23.2 Å². The van der Waals surface area contributed by atoms with Gasteiger partial charge in [0.15, 0.2) is 12.4 Å².